The lowest BCUT2D eigenvalue weighted by Gasteiger charge is -2.37. The first-order valence-corrected chi connectivity index (χ1v) is 11.9. The Morgan fingerprint density at radius 1 is 1.03 bits per heavy atom. The summed E-state index contributed by atoms with van der Waals surface area (Å²) in [5.74, 6) is 2.04. The monoisotopic (exact) mass is 403 g/mol. The fraction of sp³-hybridized carbons (Fsp3) is 0.909. The van der Waals surface area contributed by atoms with Gasteiger partial charge in [-0.2, -0.15) is 0 Å². The van der Waals surface area contributed by atoms with Crippen molar-refractivity contribution in [3.05, 3.63) is 0 Å². The molecular formula is C22H37N5O2. The second-order valence-electron chi connectivity index (χ2n) is 10.1. The molecule has 0 spiro atoms. The van der Waals surface area contributed by atoms with Gasteiger partial charge in [0.05, 0.1) is 6.04 Å². The molecule has 7 nitrogen and oxygen atoms in total. The van der Waals surface area contributed by atoms with E-state index in [0.29, 0.717) is 24.5 Å². The smallest absolute Gasteiger partial charge is 0.241 e. The number of hydrazine groups is 1. The van der Waals surface area contributed by atoms with Crippen molar-refractivity contribution < 1.29 is 9.59 Å². The van der Waals surface area contributed by atoms with E-state index in [1.807, 2.05) is 16.8 Å². The van der Waals surface area contributed by atoms with Gasteiger partial charge in [0.1, 0.15) is 6.04 Å². The Morgan fingerprint density at radius 3 is 2.62 bits per heavy atom. The van der Waals surface area contributed by atoms with Gasteiger partial charge in [0.15, 0.2) is 0 Å². The third kappa shape index (κ3) is 3.59. The SMILES string of the molecule is CCC1CCCC2NC(C(=O)N3CCC4NNC(C(=O)N(C)C5CC5)C4C3)CC12. The first-order chi connectivity index (χ1) is 14.1. The lowest BCUT2D eigenvalue weighted by atomic mass is 9.75. The lowest BCUT2D eigenvalue weighted by molar-refractivity contribution is -0.138. The van der Waals surface area contributed by atoms with E-state index in [-0.39, 0.29) is 35.9 Å². The van der Waals surface area contributed by atoms with Gasteiger partial charge in [-0.1, -0.05) is 26.2 Å². The number of nitrogens with one attached hydrogen (secondary N) is 3. The van der Waals surface area contributed by atoms with Crippen LogP contribution in [0.3, 0.4) is 0 Å². The minimum atomic E-state index is -0.218. The molecule has 5 fully saturated rings. The van der Waals surface area contributed by atoms with Crippen molar-refractivity contribution in [1.82, 2.24) is 26.0 Å². The van der Waals surface area contributed by atoms with Crippen LogP contribution in [0.2, 0.25) is 0 Å². The highest BCUT2D eigenvalue weighted by Gasteiger charge is 2.48. The van der Waals surface area contributed by atoms with Gasteiger partial charge in [-0.3, -0.25) is 15.0 Å². The van der Waals surface area contributed by atoms with Crippen LogP contribution in [0, 0.1) is 17.8 Å². The Morgan fingerprint density at radius 2 is 1.86 bits per heavy atom. The summed E-state index contributed by atoms with van der Waals surface area (Å²) in [7, 11) is 1.93. The molecule has 0 aromatic carbocycles. The van der Waals surface area contributed by atoms with E-state index in [1.54, 1.807) is 0 Å². The quantitative estimate of drug-likeness (QED) is 0.649. The Kier molecular flexibility index (Phi) is 5.33. The minimum absolute atomic E-state index is 0.0284. The van der Waals surface area contributed by atoms with Gasteiger partial charge in [0.2, 0.25) is 11.8 Å². The third-order valence-electron chi connectivity index (χ3n) is 8.49. The van der Waals surface area contributed by atoms with Crippen molar-refractivity contribution >= 4 is 11.8 Å². The molecular weight excluding hydrogens is 366 g/mol. The average Bonchev–Trinajstić information content (AvgIpc) is 3.36. The molecule has 2 amide bonds. The predicted molar refractivity (Wildman–Crippen MR) is 111 cm³/mol. The largest absolute Gasteiger partial charge is 0.341 e. The maximum absolute atomic E-state index is 13.4. The van der Waals surface area contributed by atoms with E-state index >= 15 is 0 Å². The van der Waals surface area contributed by atoms with Crippen molar-refractivity contribution in [1.29, 1.82) is 0 Å². The summed E-state index contributed by atoms with van der Waals surface area (Å²) in [4.78, 5) is 30.3. The molecule has 3 N–H and O–H groups in total. The molecule has 3 saturated heterocycles. The molecule has 0 aromatic heterocycles. The number of nitrogens with zero attached hydrogens (tertiary/aromatic N) is 2. The van der Waals surface area contributed by atoms with E-state index < -0.39 is 0 Å². The second kappa shape index (κ2) is 7.82. The highest BCUT2D eigenvalue weighted by atomic mass is 16.2. The van der Waals surface area contributed by atoms with E-state index in [0.717, 1.165) is 38.1 Å². The number of hydrogen-bond donors (Lipinski definition) is 3. The van der Waals surface area contributed by atoms with Gasteiger partial charge in [-0.15, -0.1) is 0 Å². The van der Waals surface area contributed by atoms with Crippen LogP contribution in [0.15, 0.2) is 0 Å². The molecule has 7 heteroatoms. The lowest BCUT2D eigenvalue weighted by Crippen LogP contribution is -2.55. The first-order valence-electron chi connectivity index (χ1n) is 11.9. The first kappa shape index (κ1) is 19.8. The van der Waals surface area contributed by atoms with Crippen molar-refractivity contribution in [2.75, 3.05) is 20.1 Å². The predicted octanol–water partition coefficient (Wildman–Crippen LogP) is 0.858. The topological polar surface area (TPSA) is 76.7 Å². The van der Waals surface area contributed by atoms with Crippen molar-refractivity contribution in [2.24, 2.45) is 17.8 Å². The Bertz CT molecular complexity index is 653. The fourth-order valence-electron chi connectivity index (χ4n) is 6.53. The highest BCUT2D eigenvalue weighted by Crippen LogP contribution is 2.40. The minimum Gasteiger partial charge on any atom is -0.341 e. The molecule has 3 heterocycles. The third-order valence-corrected chi connectivity index (χ3v) is 8.49. The molecule has 0 aromatic rings. The maximum Gasteiger partial charge on any atom is 0.241 e. The fourth-order valence-corrected chi connectivity index (χ4v) is 6.53. The number of rotatable bonds is 4. The molecule has 0 radical (unpaired) electrons. The molecule has 3 aliphatic heterocycles. The van der Waals surface area contributed by atoms with E-state index in [9.17, 15) is 9.59 Å². The Hall–Kier alpha value is -1.18. The van der Waals surface area contributed by atoms with Crippen molar-refractivity contribution in [2.45, 2.75) is 88.5 Å². The normalized spacial score (nSPS) is 41.7. The molecule has 7 unspecified atom stereocenters. The van der Waals surface area contributed by atoms with Crippen LogP contribution in [0.1, 0.15) is 58.3 Å². The zero-order valence-electron chi connectivity index (χ0n) is 17.9. The summed E-state index contributed by atoms with van der Waals surface area (Å²) >= 11 is 0. The average molecular weight is 404 g/mol. The Labute approximate surface area is 174 Å². The molecule has 0 bridgehead atoms. The molecule has 7 atom stereocenters. The Balaban J connectivity index is 1.23. The number of carbonyl (C=O) groups excluding carboxylic acids is 2. The summed E-state index contributed by atoms with van der Waals surface area (Å²) in [6.45, 7) is 3.77. The summed E-state index contributed by atoms with van der Waals surface area (Å²) in [5.41, 5.74) is 6.59. The zero-order valence-corrected chi connectivity index (χ0v) is 17.9. The summed E-state index contributed by atoms with van der Waals surface area (Å²) in [6.07, 6.45) is 9.21. The number of carbonyl (C=O) groups is 2. The van der Waals surface area contributed by atoms with Crippen LogP contribution >= 0.6 is 0 Å². The number of likely N-dealkylation sites (tertiary alicyclic amines) is 1. The van der Waals surface area contributed by atoms with Gasteiger partial charge in [0, 0.05) is 44.2 Å². The van der Waals surface area contributed by atoms with Gasteiger partial charge >= 0.3 is 0 Å². The zero-order chi connectivity index (χ0) is 20.1. The maximum atomic E-state index is 13.4. The number of likely N-dealkylation sites (N-methyl/N-ethyl adjacent to an activating group) is 1. The van der Waals surface area contributed by atoms with Crippen LogP contribution in [0.5, 0.6) is 0 Å². The molecule has 2 aliphatic carbocycles. The summed E-state index contributed by atoms with van der Waals surface area (Å²) in [6, 6.07) is 0.979. The van der Waals surface area contributed by atoms with Gasteiger partial charge in [-0.05, 0) is 43.9 Å². The summed E-state index contributed by atoms with van der Waals surface area (Å²) in [5, 5.41) is 3.69. The van der Waals surface area contributed by atoms with Crippen LogP contribution in [0.25, 0.3) is 0 Å². The standard InChI is InChI=1S/C22H37N5O2/c1-3-13-5-4-6-17-15(13)11-19(23-17)21(28)27-10-9-18-16(12-27)20(25-24-18)22(29)26(2)14-7-8-14/h13-20,23-25H,3-12H2,1-2H3. The van der Waals surface area contributed by atoms with E-state index in [2.05, 4.69) is 23.1 Å². The van der Waals surface area contributed by atoms with E-state index in [1.165, 1.54) is 25.7 Å². The molecule has 2 saturated carbocycles. The van der Waals surface area contributed by atoms with Crippen LogP contribution in [-0.4, -0.2) is 72.0 Å². The second-order valence-corrected chi connectivity index (χ2v) is 10.1. The highest BCUT2D eigenvalue weighted by molar-refractivity contribution is 5.84. The molecule has 29 heavy (non-hydrogen) atoms. The van der Waals surface area contributed by atoms with Gasteiger partial charge in [0.25, 0.3) is 0 Å². The molecule has 5 aliphatic rings. The number of fused-ring (bicyclic) bond motifs is 2. The number of amides is 2. The van der Waals surface area contributed by atoms with Crippen molar-refractivity contribution in [3.8, 4) is 0 Å². The van der Waals surface area contributed by atoms with E-state index in [4.69, 9.17) is 0 Å². The number of piperidine rings is 1. The van der Waals surface area contributed by atoms with Crippen LogP contribution < -0.4 is 16.2 Å². The number of hydrogen-bond acceptors (Lipinski definition) is 5. The van der Waals surface area contributed by atoms with Crippen molar-refractivity contribution in [3.63, 3.8) is 0 Å². The van der Waals surface area contributed by atoms with Crippen LogP contribution in [-0.2, 0) is 9.59 Å². The van der Waals surface area contributed by atoms with Crippen LogP contribution in [0.4, 0.5) is 0 Å². The molecule has 5 rings (SSSR count). The van der Waals surface area contributed by atoms with Gasteiger partial charge in [-0.25, -0.2) is 5.43 Å². The molecule has 162 valence electrons. The van der Waals surface area contributed by atoms with Gasteiger partial charge < -0.3 is 15.1 Å². The summed E-state index contributed by atoms with van der Waals surface area (Å²) < 4.78 is 0.